The lowest BCUT2D eigenvalue weighted by Crippen LogP contribution is -2.19. The van der Waals surface area contributed by atoms with E-state index >= 15 is 0 Å². The highest BCUT2D eigenvalue weighted by Crippen LogP contribution is 2.42. The molecule has 5 nitrogen and oxygen atoms in total. The van der Waals surface area contributed by atoms with E-state index in [-0.39, 0.29) is 5.56 Å². The number of methoxy groups -OCH3 is 2. The Morgan fingerprint density at radius 1 is 1.04 bits per heavy atom. The molecule has 134 valence electrons. The smallest absolute Gasteiger partial charge is 0.266 e. The van der Waals surface area contributed by atoms with E-state index < -0.39 is 5.56 Å². The second kappa shape index (κ2) is 6.65. The second-order valence-corrected chi connectivity index (χ2v) is 6.39. The molecule has 2 aromatic carbocycles. The summed E-state index contributed by atoms with van der Waals surface area (Å²) in [6, 6.07) is 15.5. The lowest BCUT2D eigenvalue weighted by molar-refractivity contribution is 0.404. The van der Waals surface area contributed by atoms with Crippen LogP contribution in [-0.2, 0) is 12.8 Å². The molecule has 1 N–H and O–H groups in total. The van der Waals surface area contributed by atoms with Crippen LogP contribution in [0.15, 0.2) is 47.3 Å². The van der Waals surface area contributed by atoms with E-state index in [2.05, 4.69) is 17.1 Å². The maximum atomic E-state index is 12.7. The molecule has 0 unspecified atom stereocenters. The minimum absolute atomic E-state index is 0.0969. The average Bonchev–Trinajstić information content (AvgIpc) is 2.72. The van der Waals surface area contributed by atoms with Gasteiger partial charge in [-0.25, -0.2) is 0 Å². The number of nitriles is 1. The first kappa shape index (κ1) is 16.9. The standard InChI is InChI=1S/C22H18N2O3/c1-26-14-8-10-19(27-2)17(11-14)20-16-9-7-13-5-3-4-6-15(13)21(16)24-22(25)18(20)12-23/h3-6,8,10-11H,7,9H2,1-2H3,(H,24,25). The van der Waals surface area contributed by atoms with Crippen molar-refractivity contribution >= 4 is 0 Å². The Morgan fingerprint density at radius 2 is 1.85 bits per heavy atom. The highest BCUT2D eigenvalue weighted by Gasteiger charge is 2.26. The van der Waals surface area contributed by atoms with E-state index in [1.54, 1.807) is 26.4 Å². The molecule has 5 heteroatoms. The Morgan fingerprint density at radius 3 is 2.59 bits per heavy atom. The fourth-order valence-corrected chi connectivity index (χ4v) is 3.78. The third-order valence-electron chi connectivity index (χ3n) is 5.04. The molecule has 1 aromatic heterocycles. The van der Waals surface area contributed by atoms with Crippen LogP contribution in [0.1, 0.15) is 16.7 Å². The molecule has 1 aliphatic carbocycles. The summed E-state index contributed by atoms with van der Waals surface area (Å²) in [5, 5.41) is 9.71. The highest BCUT2D eigenvalue weighted by atomic mass is 16.5. The Balaban J connectivity index is 2.10. The number of H-pyrrole nitrogens is 1. The van der Waals surface area contributed by atoms with E-state index in [0.717, 1.165) is 29.7 Å². The lowest BCUT2D eigenvalue weighted by Gasteiger charge is -2.23. The highest BCUT2D eigenvalue weighted by molar-refractivity contribution is 5.85. The van der Waals surface area contributed by atoms with Gasteiger partial charge in [0.25, 0.3) is 5.56 Å². The van der Waals surface area contributed by atoms with Crippen LogP contribution in [-0.4, -0.2) is 19.2 Å². The van der Waals surface area contributed by atoms with Gasteiger partial charge in [0.05, 0.1) is 19.9 Å². The number of aromatic nitrogens is 1. The second-order valence-electron chi connectivity index (χ2n) is 6.39. The maximum Gasteiger partial charge on any atom is 0.266 e. The van der Waals surface area contributed by atoms with E-state index in [0.29, 0.717) is 22.6 Å². The van der Waals surface area contributed by atoms with Gasteiger partial charge >= 0.3 is 0 Å². The largest absolute Gasteiger partial charge is 0.497 e. The lowest BCUT2D eigenvalue weighted by atomic mass is 9.83. The maximum absolute atomic E-state index is 12.7. The fourth-order valence-electron chi connectivity index (χ4n) is 3.78. The van der Waals surface area contributed by atoms with Crippen LogP contribution >= 0.6 is 0 Å². The van der Waals surface area contributed by atoms with Crippen molar-refractivity contribution in [3.63, 3.8) is 0 Å². The first-order valence-corrected chi connectivity index (χ1v) is 8.67. The van der Waals surface area contributed by atoms with Crippen molar-refractivity contribution in [2.45, 2.75) is 12.8 Å². The van der Waals surface area contributed by atoms with Crippen LogP contribution in [0.3, 0.4) is 0 Å². The summed E-state index contributed by atoms with van der Waals surface area (Å²) in [5.41, 5.74) is 4.94. The normalized spacial score (nSPS) is 11.9. The molecule has 0 fully saturated rings. The molecule has 27 heavy (non-hydrogen) atoms. The first-order chi connectivity index (χ1) is 13.2. The molecular weight excluding hydrogens is 340 g/mol. The van der Waals surface area contributed by atoms with Gasteiger partial charge in [-0.3, -0.25) is 4.79 Å². The van der Waals surface area contributed by atoms with Gasteiger partial charge in [-0.15, -0.1) is 0 Å². The van der Waals surface area contributed by atoms with E-state index in [1.807, 2.05) is 24.3 Å². The molecule has 1 heterocycles. The van der Waals surface area contributed by atoms with Crippen LogP contribution in [0.5, 0.6) is 11.5 Å². The SMILES string of the molecule is COc1ccc(OC)c(-c2c3c([nH]c(=O)c2C#N)-c2ccccc2CC3)c1. The Hall–Kier alpha value is -3.52. The van der Waals surface area contributed by atoms with Gasteiger partial charge in [-0.1, -0.05) is 24.3 Å². The molecular formula is C22H18N2O3. The predicted molar refractivity (Wildman–Crippen MR) is 103 cm³/mol. The van der Waals surface area contributed by atoms with E-state index in [1.165, 1.54) is 5.56 Å². The Labute approximate surface area is 156 Å². The van der Waals surface area contributed by atoms with Gasteiger partial charge in [0.15, 0.2) is 0 Å². The zero-order valence-electron chi connectivity index (χ0n) is 15.1. The van der Waals surface area contributed by atoms with Gasteiger partial charge in [0.1, 0.15) is 23.1 Å². The van der Waals surface area contributed by atoms with Crippen LogP contribution in [0.25, 0.3) is 22.4 Å². The summed E-state index contributed by atoms with van der Waals surface area (Å²) in [7, 11) is 3.16. The number of fused-ring (bicyclic) bond motifs is 3. The average molecular weight is 358 g/mol. The number of nitrogens with one attached hydrogen (secondary N) is 1. The van der Waals surface area contributed by atoms with Crippen LogP contribution in [0.2, 0.25) is 0 Å². The minimum atomic E-state index is -0.396. The first-order valence-electron chi connectivity index (χ1n) is 8.67. The molecule has 0 atom stereocenters. The number of pyridine rings is 1. The zero-order chi connectivity index (χ0) is 19.0. The number of hydrogen-bond acceptors (Lipinski definition) is 4. The molecule has 1 aliphatic rings. The summed E-state index contributed by atoms with van der Waals surface area (Å²) in [6.07, 6.45) is 1.58. The molecule has 0 amide bonds. The minimum Gasteiger partial charge on any atom is -0.497 e. The number of aryl methyl sites for hydroxylation is 1. The van der Waals surface area contributed by atoms with Crippen LogP contribution < -0.4 is 15.0 Å². The number of nitrogens with zero attached hydrogens (tertiary/aromatic N) is 1. The van der Waals surface area contributed by atoms with Crippen molar-refractivity contribution < 1.29 is 9.47 Å². The molecule has 3 aromatic rings. The van der Waals surface area contributed by atoms with E-state index in [4.69, 9.17) is 9.47 Å². The number of rotatable bonds is 3. The van der Waals surface area contributed by atoms with Crippen molar-refractivity contribution in [2.75, 3.05) is 14.2 Å². The van der Waals surface area contributed by atoms with Crippen molar-refractivity contribution in [2.24, 2.45) is 0 Å². The molecule has 4 rings (SSSR count). The van der Waals surface area contributed by atoms with Gasteiger partial charge in [0.2, 0.25) is 0 Å². The summed E-state index contributed by atoms with van der Waals surface area (Å²) in [6.45, 7) is 0. The topological polar surface area (TPSA) is 75.1 Å². The molecule has 0 radical (unpaired) electrons. The molecule has 0 bridgehead atoms. The van der Waals surface area contributed by atoms with Gasteiger partial charge < -0.3 is 14.5 Å². The Bertz CT molecular complexity index is 1140. The Kier molecular flexibility index (Phi) is 4.17. The van der Waals surface area contributed by atoms with Crippen molar-refractivity contribution in [1.29, 1.82) is 5.26 Å². The van der Waals surface area contributed by atoms with Gasteiger partial charge in [-0.2, -0.15) is 5.26 Å². The number of hydrogen-bond donors (Lipinski definition) is 1. The molecule has 0 spiro atoms. The zero-order valence-corrected chi connectivity index (χ0v) is 15.1. The fraction of sp³-hybridized carbons (Fsp3) is 0.182. The quantitative estimate of drug-likeness (QED) is 0.775. The molecule has 0 aliphatic heterocycles. The summed E-state index contributed by atoms with van der Waals surface area (Å²) in [4.78, 5) is 15.7. The summed E-state index contributed by atoms with van der Waals surface area (Å²) in [5.74, 6) is 1.24. The number of benzene rings is 2. The summed E-state index contributed by atoms with van der Waals surface area (Å²) >= 11 is 0. The van der Waals surface area contributed by atoms with Gasteiger partial charge in [-0.05, 0) is 42.2 Å². The van der Waals surface area contributed by atoms with Gasteiger partial charge in [0, 0.05) is 16.7 Å². The molecule has 0 saturated heterocycles. The third-order valence-corrected chi connectivity index (χ3v) is 5.04. The molecule has 0 saturated carbocycles. The summed E-state index contributed by atoms with van der Waals surface area (Å²) < 4.78 is 10.9. The number of ether oxygens (including phenoxy) is 2. The van der Waals surface area contributed by atoms with E-state index in [9.17, 15) is 10.1 Å². The monoisotopic (exact) mass is 358 g/mol. The predicted octanol–water partition coefficient (Wildman–Crippen LogP) is 3.70. The van der Waals surface area contributed by atoms with Crippen molar-refractivity contribution in [1.82, 2.24) is 4.98 Å². The van der Waals surface area contributed by atoms with Crippen LogP contribution in [0, 0.1) is 11.3 Å². The van der Waals surface area contributed by atoms with Crippen LogP contribution in [0.4, 0.5) is 0 Å². The van der Waals surface area contributed by atoms with Crippen molar-refractivity contribution in [3.05, 3.63) is 69.5 Å². The number of aromatic amines is 1. The van der Waals surface area contributed by atoms with Crippen molar-refractivity contribution in [3.8, 4) is 40.0 Å². The third kappa shape index (κ3) is 2.67.